The summed E-state index contributed by atoms with van der Waals surface area (Å²) in [4.78, 5) is 127. The number of nitrogens with zero attached hydrogens (tertiary/aromatic N) is 4. The van der Waals surface area contributed by atoms with Crippen LogP contribution in [-0.2, 0) is 57.7 Å². The lowest BCUT2D eigenvalue weighted by atomic mass is 9.88. The number of pyridine rings is 1. The SMILES string of the molecule is CCCN(CCC)C(=O)C1=Cc2ccc(C(=O)Nc3cncc(CCC(=O)OCc4ccc(CC(=O)[C@H](CCCNC(N)=O)NC(=O)[C@@H](CC(=O)CCCCCN5C(=O)C=CC5=O)C(C)C)cc4)c3)cc2N=C(N)C1. The molecule has 0 saturated carbocycles. The number of ketones is 2. The number of carbonyl (C=O) groups excluding carboxylic acids is 9. The molecule has 19 heteroatoms. The number of hydrogen-bond acceptors (Lipinski definition) is 13. The van der Waals surface area contributed by atoms with Crippen LogP contribution < -0.4 is 27.4 Å². The Hall–Kier alpha value is -7.83. The lowest BCUT2D eigenvalue weighted by Crippen LogP contribution is -2.46. The molecule has 3 heterocycles. The molecule has 0 aliphatic carbocycles. The van der Waals surface area contributed by atoms with Crippen molar-refractivity contribution in [3.63, 3.8) is 0 Å². The van der Waals surface area contributed by atoms with Crippen LogP contribution in [0.15, 0.2) is 83.6 Å². The van der Waals surface area contributed by atoms with Gasteiger partial charge in [0.1, 0.15) is 18.2 Å². The van der Waals surface area contributed by atoms with Gasteiger partial charge in [-0.3, -0.25) is 48.2 Å². The van der Waals surface area contributed by atoms with Crippen LogP contribution in [0.3, 0.4) is 0 Å². The van der Waals surface area contributed by atoms with Crippen molar-refractivity contribution in [2.45, 2.75) is 124 Å². The number of imide groups is 1. The lowest BCUT2D eigenvalue weighted by molar-refractivity contribution is -0.145. The molecule has 1 aromatic heterocycles. The molecule has 3 aromatic rings. The first-order chi connectivity index (χ1) is 35.9. The van der Waals surface area contributed by atoms with Crippen LogP contribution in [0.1, 0.15) is 131 Å². The number of aliphatic imine (C=N–C) groups is 1. The highest BCUT2D eigenvalue weighted by Gasteiger charge is 2.30. The molecule has 2 aliphatic rings. The first kappa shape index (κ1) is 58.1. The van der Waals surface area contributed by atoms with Gasteiger partial charge >= 0.3 is 12.0 Å². The number of Topliss-reactive ketones (excluding diaryl/α,β-unsaturated/α-hetero) is 2. The van der Waals surface area contributed by atoms with E-state index in [4.69, 9.17) is 16.2 Å². The van der Waals surface area contributed by atoms with Crippen molar-refractivity contribution >= 4 is 76.4 Å². The fourth-order valence-electron chi connectivity index (χ4n) is 8.69. The molecule has 5 rings (SSSR count). The van der Waals surface area contributed by atoms with Gasteiger partial charge in [-0.25, -0.2) is 9.79 Å². The molecule has 2 atom stereocenters. The van der Waals surface area contributed by atoms with Crippen LogP contribution in [0.5, 0.6) is 0 Å². The summed E-state index contributed by atoms with van der Waals surface area (Å²) in [6.07, 6.45) is 12.1. The van der Waals surface area contributed by atoms with Gasteiger partial charge in [0.05, 0.1) is 23.6 Å². The molecule has 0 bridgehead atoms. The minimum Gasteiger partial charge on any atom is -0.461 e. The zero-order valence-electron chi connectivity index (χ0n) is 43.5. The molecule has 75 heavy (non-hydrogen) atoms. The Labute approximate surface area is 438 Å². The van der Waals surface area contributed by atoms with E-state index in [-0.39, 0.29) is 99.3 Å². The third-order valence-corrected chi connectivity index (χ3v) is 12.8. The lowest BCUT2D eigenvalue weighted by Gasteiger charge is -2.24. The zero-order valence-corrected chi connectivity index (χ0v) is 43.5. The summed E-state index contributed by atoms with van der Waals surface area (Å²) < 4.78 is 5.54. The number of urea groups is 1. The van der Waals surface area contributed by atoms with Crippen LogP contribution in [0.25, 0.3) is 6.08 Å². The second-order valence-corrected chi connectivity index (χ2v) is 19.2. The number of ether oxygens (including phenoxy) is 1. The number of rotatable bonds is 30. The Bertz CT molecular complexity index is 2640. The average Bonchev–Trinajstić information content (AvgIpc) is 3.59. The third-order valence-electron chi connectivity index (χ3n) is 12.8. The fourth-order valence-corrected chi connectivity index (χ4v) is 8.69. The minimum absolute atomic E-state index is 0.00838. The number of carbonyl (C=O) groups is 9. The topological polar surface area (TPSA) is 283 Å². The van der Waals surface area contributed by atoms with Crippen molar-refractivity contribution in [3.05, 3.63) is 106 Å². The van der Waals surface area contributed by atoms with Gasteiger partial charge in [-0.2, -0.15) is 0 Å². The average molecular weight is 1030 g/mol. The smallest absolute Gasteiger partial charge is 0.312 e. The number of nitrogens with one attached hydrogen (secondary N) is 3. The van der Waals surface area contributed by atoms with E-state index < -0.39 is 35.8 Å². The molecule has 0 unspecified atom stereocenters. The Morgan fingerprint density at radius 2 is 1.55 bits per heavy atom. The predicted octanol–water partition coefficient (Wildman–Crippen LogP) is 6.20. The number of amides is 7. The maximum Gasteiger partial charge on any atom is 0.312 e. The van der Waals surface area contributed by atoms with Crippen molar-refractivity contribution in [1.82, 2.24) is 25.4 Å². The molecule has 0 spiro atoms. The van der Waals surface area contributed by atoms with Crippen LogP contribution >= 0.6 is 0 Å². The van der Waals surface area contributed by atoms with E-state index in [1.54, 1.807) is 60.8 Å². The maximum atomic E-state index is 13.7. The number of amidine groups is 1. The number of aryl methyl sites for hydroxylation is 1. The molecule has 2 aromatic carbocycles. The zero-order chi connectivity index (χ0) is 54.4. The summed E-state index contributed by atoms with van der Waals surface area (Å²) in [6.45, 7) is 9.47. The molecular formula is C56H71N9O10. The second-order valence-electron chi connectivity index (χ2n) is 19.2. The maximum absolute atomic E-state index is 13.7. The number of nitrogens with two attached hydrogens (primary N) is 2. The number of fused-ring (bicyclic) bond motifs is 1. The van der Waals surface area contributed by atoms with Crippen molar-refractivity contribution in [2.75, 3.05) is 31.5 Å². The molecule has 7 amide bonds. The largest absolute Gasteiger partial charge is 0.461 e. The molecule has 2 aliphatic heterocycles. The number of unbranched alkanes of at least 4 members (excludes halogenated alkanes) is 2. The number of aromatic nitrogens is 1. The molecule has 0 radical (unpaired) electrons. The van der Waals surface area contributed by atoms with Crippen molar-refractivity contribution < 1.29 is 47.9 Å². The van der Waals surface area contributed by atoms with E-state index >= 15 is 0 Å². The summed E-state index contributed by atoms with van der Waals surface area (Å²) >= 11 is 0. The highest BCUT2D eigenvalue weighted by molar-refractivity contribution is 6.13. The highest BCUT2D eigenvalue weighted by Crippen LogP contribution is 2.29. The summed E-state index contributed by atoms with van der Waals surface area (Å²) in [5.41, 5.74) is 16.0. The Morgan fingerprint density at radius 1 is 0.840 bits per heavy atom. The van der Waals surface area contributed by atoms with E-state index in [0.29, 0.717) is 90.0 Å². The third kappa shape index (κ3) is 18.6. The molecule has 400 valence electrons. The van der Waals surface area contributed by atoms with Crippen LogP contribution in [-0.4, -0.2) is 106 Å². The normalized spacial score (nSPS) is 13.7. The van der Waals surface area contributed by atoms with Crippen LogP contribution in [0.4, 0.5) is 16.2 Å². The van der Waals surface area contributed by atoms with Gasteiger partial charge in [0, 0.05) is 99.2 Å². The first-order valence-corrected chi connectivity index (χ1v) is 25.8. The monoisotopic (exact) mass is 1030 g/mol. The summed E-state index contributed by atoms with van der Waals surface area (Å²) in [5, 5.41) is 8.23. The van der Waals surface area contributed by atoms with Gasteiger partial charge in [-0.15, -0.1) is 0 Å². The van der Waals surface area contributed by atoms with Crippen molar-refractivity contribution in [3.8, 4) is 0 Å². The summed E-state index contributed by atoms with van der Waals surface area (Å²) in [6, 6.07) is 12.1. The van der Waals surface area contributed by atoms with Gasteiger partial charge in [0.2, 0.25) is 11.8 Å². The first-order valence-electron chi connectivity index (χ1n) is 25.8. The summed E-state index contributed by atoms with van der Waals surface area (Å²) in [7, 11) is 0. The van der Waals surface area contributed by atoms with Gasteiger partial charge in [0.25, 0.3) is 17.7 Å². The molecule has 0 fully saturated rings. The Morgan fingerprint density at radius 3 is 2.23 bits per heavy atom. The van der Waals surface area contributed by atoms with Gasteiger partial charge in [-0.05, 0) is 91.8 Å². The molecular weight excluding hydrogens is 959 g/mol. The molecule has 0 saturated heterocycles. The van der Waals surface area contributed by atoms with Crippen LogP contribution in [0.2, 0.25) is 0 Å². The number of hydrogen-bond donors (Lipinski definition) is 5. The minimum atomic E-state index is -0.907. The van der Waals surface area contributed by atoms with E-state index in [1.165, 1.54) is 18.3 Å². The Balaban J connectivity index is 1.09. The predicted molar refractivity (Wildman–Crippen MR) is 284 cm³/mol. The van der Waals surface area contributed by atoms with Crippen molar-refractivity contribution in [2.24, 2.45) is 28.3 Å². The summed E-state index contributed by atoms with van der Waals surface area (Å²) in [5.74, 6) is -3.04. The van der Waals surface area contributed by atoms with Gasteiger partial charge in [0.15, 0.2) is 5.78 Å². The van der Waals surface area contributed by atoms with Gasteiger partial charge in [-0.1, -0.05) is 64.4 Å². The van der Waals surface area contributed by atoms with Crippen LogP contribution in [0, 0.1) is 11.8 Å². The molecule has 19 nitrogen and oxygen atoms in total. The van der Waals surface area contributed by atoms with Gasteiger partial charge < -0.3 is 37.1 Å². The number of esters is 1. The number of anilines is 1. The van der Waals surface area contributed by atoms with E-state index in [0.717, 1.165) is 17.7 Å². The van der Waals surface area contributed by atoms with E-state index in [9.17, 15) is 43.2 Å². The second kappa shape index (κ2) is 29.2. The molecule has 7 N–H and O–H groups in total. The quantitative estimate of drug-likeness (QED) is 0.0284. The highest BCUT2D eigenvalue weighted by atomic mass is 16.5. The number of benzene rings is 2. The van der Waals surface area contributed by atoms with Crippen molar-refractivity contribution in [1.29, 1.82) is 0 Å². The Kier molecular flexibility index (Phi) is 22.6. The fraction of sp³-hybridized carbons (Fsp3) is 0.446. The number of primary amides is 1. The standard InChI is InChI=1S/C56H71N9O10/c1-5-24-64(25-6-2)55(73)42-29-40-18-19-41(30-47(40)62-49(57)31-42)53(71)61-43-27-39(33-59-34-43)17-22-52(70)75-35-38-15-13-37(14-16-38)28-48(67)46(12-10-23-60-56(58)74)63-54(72)45(36(3)4)32-44(66)11-8-7-9-26-65-50(68)20-21-51(65)69/h13-16,18-21,27,29-30,33-34,36,45-46H,5-12,17,22-26,28,31-32,35H2,1-4H3,(H2,57,62)(H,61,71)(H,63,72)(H3,58,60,74)/t45-,46-/m0/s1. The van der Waals surface area contributed by atoms with E-state index in [2.05, 4.69) is 25.9 Å². The van der Waals surface area contributed by atoms with E-state index in [1.807, 2.05) is 32.6 Å².